The maximum absolute atomic E-state index is 6.18. The first-order valence-corrected chi connectivity index (χ1v) is 22.9. The van der Waals surface area contributed by atoms with Crippen molar-refractivity contribution in [1.29, 1.82) is 0 Å². The first-order valence-electron chi connectivity index (χ1n) is 22.9. The van der Waals surface area contributed by atoms with Gasteiger partial charge in [-0.1, -0.05) is 97.1 Å². The third-order valence-electron chi connectivity index (χ3n) is 11.3. The van der Waals surface area contributed by atoms with Crippen molar-refractivity contribution in [3.8, 4) is 22.8 Å². The lowest BCUT2D eigenvalue weighted by molar-refractivity contribution is 0.210. The van der Waals surface area contributed by atoms with E-state index in [9.17, 15) is 0 Å². The Balaban J connectivity index is 0.000000214. The van der Waals surface area contributed by atoms with Gasteiger partial charge in [0.05, 0.1) is 43.2 Å². The molecule has 0 radical (unpaired) electrons. The molecule has 1 aliphatic rings. The average Bonchev–Trinajstić information content (AvgIpc) is 3.95. The molecule has 0 spiro atoms. The number of aliphatic imine (C=N–C) groups is 1. The molecule has 5 aromatic carbocycles. The van der Waals surface area contributed by atoms with Gasteiger partial charge in [0.2, 0.25) is 0 Å². The number of hydrogen-bond donors (Lipinski definition) is 2. The minimum Gasteiger partial charge on any atom is -0.491 e. The van der Waals surface area contributed by atoms with E-state index < -0.39 is 5.54 Å². The Morgan fingerprint density at radius 1 is 0.582 bits per heavy atom. The highest BCUT2D eigenvalue weighted by Gasteiger charge is 2.41. The molecule has 0 amide bonds. The van der Waals surface area contributed by atoms with E-state index in [4.69, 9.17) is 29.0 Å². The summed E-state index contributed by atoms with van der Waals surface area (Å²) in [4.78, 5) is 13.6. The van der Waals surface area contributed by atoms with Gasteiger partial charge in [-0.15, -0.1) is 0 Å². The van der Waals surface area contributed by atoms with Gasteiger partial charge >= 0.3 is 0 Å². The second-order valence-corrected chi connectivity index (χ2v) is 16.8. The number of nitrogens with one attached hydrogen (secondary N) is 2. The summed E-state index contributed by atoms with van der Waals surface area (Å²) in [5.41, 5.74) is 9.82. The Morgan fingerprint density at radius 2 is 1.09 bits per heavy atom. The second kappa shape index (κ2) is 21.8. The number of aromatic nitrogens is 4. The molecule has 0 bridgehead atoms. The highest BCUT2D eigenvalue weighted by Crippen LogP contribution is 2.44. The molecule has 9 rings (SSSR count). The summed E-state index contributed by atoms with van der Waals surface area (Å²) in [6, 6.07) is 52.4. The van der Waals surface area contributed by atoms with Crippen molar-refractivity contribution in [1.82, 2.24) is 19.7 Å². The molecule has 1 aliphatic heterocycles. The van der Waals surface area contributed by atoms with Gasteiger partial charge in [-0.25, -0.2) is 14.6 Å². The number of fused-ring (bicyclic) bond motifs is 2. The molecule has 0 saturated heterocycles. The zero-order valence-electron chi connectivity index (χ0n) is 39.1. The van der Waals surface area contributed by atoms with Crippen LogP contribution in [0.2, 0.25) is 0 Å². The van der Waals surface area contributed by atoms with Crippen LogP contribution < -0.4 is 20.1 Å². The fourth-order valence-corrected chi connectivity index (χ4v) is 8.48. The van der Waals surface area contributed by atoms with Gasteiger partial charge in [-0.3, -0.25) is 4.99 Å². The number of methoxy groups -OCH3 is 2. The molecule has 8 aromatic rings. The molecule has 0 saturated carbocycles. The SMILES string of the molecule is COCCNc1cc(-c2nn(C(c3ccccc3)(c3ccccc3)c3ccccc3)c3ccc(OC(C)C)cc23)ccn1.COCCNc1cc(C2=NCc3ccc(OC(C)C)cc32)ccn1. The number of ether oxygens (including phenoxy) is 4. The topological polar surface area (TPSA) is 117 Å². The molecule has 2 N–H and O–H groups in total. The van der Waals surface area contributed by atoms with Crippen molar-refractivity contribution in [3.63, 3.8) is 0 Å². The highest BCUT2D eigenvalue weighted by atomic mass is 16.5. The van der Waals surface area contributed by atoms with Gasteiger partial charge < -0.3 is 29.6 Å². The van der Waals surface area contributed by atoms with Gasteiger partial charge in [-0.2, -0.15) is 5.10 Å². The van der Waals surface area contributed by atoms with E-state index in [1.54, 1.807) is 20.4 Å². The number of hydrogen-bond acceptors (Lipinski definition) is 10. The molecule has 4 heterocycles. The van der Waals surface area contributed by atoms with Gasteiger partial charge in [-0.05, 0) is 105 Å². The van der Waals surface area contributed by atoms with Gasteiger partial charge in [0, 0.05) is 61.8 Å². The molecule has 3 aromatic heterocycles. The summed E-state index contributed by atoms with van der Waals surface area (Å²) in [6.45, 7) is 11.5. The van der Waals surface area contributed by atoms with E-state index in [1.807, 2.05) is 70.3 Å². The monoisotopic (exact) mass is 893 g/mol. The lowest BCUT2D eigenvalue weighted by Gasteiger charge is -2.37. The zero-order valence-corrected chi connectivity index (χ0v) is 39.1. The number of benzene rings is 5. The molecule has 342 valence electrons. The second-order valence-electron chi connectivity index (χ2n) is 16.8. The predicted octanol–water partition coefficient (Wildman–Crippen LogP) is 11.1. The summed E-state index contributed by atoms with van der Waals surface area (Å²) < 4.78 is 24.5. The van der Waals surface area contributed by atoms with Gasteiger partial charge in [0.15, 0.2) is 0 Å². The van der Waals surface area contributed by atoms with Crippen LogP contribution in [0.15, 0.2) is 169 Å². The Morgan fingerprint density at radius 3 is 1.63 bits per heavy atom. The number of anilines is 2. The zero-order chi connectivity index (χ0) is 46.6. The van der Waals surface area contributed by atoms with E-state index in [0.717, 1.165) is 85.4 Å². The van der Waals surface area contributed by atoms with E-state index >= 15 is 0 Å². The summed E-state index contributed by atoms with van der Waals surface area (Å²) in [6.07, 6.45) is 3.83. The van der Waals surface area contributed by atoms with Crippen LogP contribution in [0, 0.1) is 0 Å². The summed E-state index contributed by atoms with van der Waals surface area (Å²) in [5, 5.41) is 13.1. The van der Waals surface area contributed by atoms with Gasteiger partial charge in [0.25, 0.3) is 0 Å². The van der Waals surface area contributed by atoms with Crippen molar-refractivity contribution in [2.24, 2.45) is 4.99 Å². The van der Waals surface area contributed by atoms with Crippen LogP contribution in [0.4, 0.5) is 11.6 Å². The lowest BCUT2D eigenvalue weighted by Crippen LogP contribution is -2.38. The Labute approximate surface area is 393 Å². The molecule has 0 aliphatic carbocycles. The van der Waals surface area contributed by atoms with Crippen LogP contribution in [0.3, 0.4) is 0 Å². The average molecular weight is 894 g/mol. The predicted molar refractivity (Wildman–Crippen MR) is 270 cm³/mol. The fraction of sp³-hybridized carbons (Fsp3) is 0.250. The number of pyridine rings is 2. The van der Waals surface area contributed by atoms with Crippen LogP contribution in [0.5, 0.6) is 11.5 Å². The maximum atomic E-state index is 6.18. The van der Waals surface area contributed by atoms with Crippen molar-refractivity contribution in [3.05, 3.63) is 197 Å². The van der Waals surface area contributed by atoms with Crippen molar-refractivity contribution >= 4 is 28.3 Å². The van der Waals surface area contributed by atoms with Gasteiger partial charge in [0.1, 0.15) is 34.4 Å². The molecule has 0 atom stereocenters. The first-order chi connectivity index (χ1) is 32.8. The van der Waals surface area contributed by atoms with Crippen LogP contribution in [-0.4, -0.2) is 78.2 Å². The van der Waals surface area contributed by atoms with E-state index in [-0.39, 0.29) is 12.2 Å². The molecule has 11 nitrogen and oxygen atoms in total. The van der Waals surface area contributed by atoms with Crippen LogP contribution in [0.25, 0.3) is 22.2 Å². The minimum atomic E-state index is -0.757. The molecular formula is C56H59N7O4. The summed E-state index contributed by atoms with van der Waals surface area (Å²) in [7, 11) is 3.38. The highest BCUT2D eigenvalue weighted by molar-refractivity contribution is 6.15. The Kier molecular flexibility index (Phi) is 15.0. The number of nitrogens with zero attached hydrogens (tertiary/aromatic N) is 5. The fourth-order valence-electron chi connectivity index (χ4n) is 8.48. The third kappa shape index (κ3) is 10.5. The molecule has 11 heteroatoms. The quantitative estimate of drug-likeness (QED) is 0.0641. The summed E-state index contributed by atoms with van der Waals surface area (Å²) in [5.74, 6) is 3.29. The first kappa shape index (κ1) is 46.2. The van der Waals surface area contributed by atoms with Crippen LogP contribution in [-0.2, 0) is 21.6 Å². The number of rotatable bonds is 18. The van der Waals surface area contributed by atoms with Crippen LogP contribution in [0.1, 0.15) is 61.1 Å². The lowest BCUT2D eigenvalue weighted by atomic mass is 9.77. The van der Waals surface area contributed by atoms with Crippen molar-refractivity contribution in [2.45, 2.75) is 52.0 Å². The molecule has 0 unspecified atom stereocenters. The smallest absolute Gasteiger partial charge is 0.138 e. The minimum absolute atomic E-state index is 0.0468. The third-order valence-corrected chi connectivity index (χ3v) is 11.3. The normalized spacial score (nSPS) is 12.1. The summed E-state index contributed by atoms with van der Waals surface area (Å²) >= 11 is 0. The van der Waals surface area contributed by atoms with E-state index in [1.165, 1.54) is 5.56 Å². The van der Waals surface area contributed by atoms with Crippen molar-refractivity contribution in [2.75, 3.05) is 51.2 Å². The molecule has 67 heavy (non-hydrogen) atoms. The van der Waals surface area contributed by atoms with E-state index in [2.05, 4.69) is 141 Å². The standard InChI is InChI=1S/C37H36N4O2.C19H23N3O2/c1-27(2)43-32-19-20-34-33(26-32)36(28-21-22-38-35(25-28)39-23-24-42-3)40-41(34)37(29-13-7-4-8-14-29,30-15-9-5-10-16-30)31-17-11-6-12-18-31;1-13(2)24-16-5-4-15-12-22-19(17(15)11-16)14-6-7-20-18(10-14)21-8-9-23-3/h4-22,25-27H,23-24H2,1-3H3,(H,38,39);4-7,10-11,13H,8-9,12H2,1-3H3,(H,20,21). The largest absolute Gasteiger partial charge is 0.491 e. The molecule has 0 fully saturated rings. The Bertz CT molecular complexity index is 2790. The Hall–Kier alpha value is -7.34. The van der Waals surface area contributed by atoms with Crippen molar-refractivity contribution < 1.29 is 18.9 Å². The maximum Gasteiger partial charge on any atom is 0.138 e. The van der Waals surface area contributed by atoms with E-state index in [0.29, 0.717) is 26.3 Å². The molecular weight excluding hydrogens is 835 g/mol. The van der Waals surface area contributed by atoms with Crippen LogP contribution >= 0.6 is 0 Å².